The molecular weight excluding hydrogens is 336 g/mol. The second-order valence-corrected chi connectivity index (χ2v) is 6.47. The van der Waals surface area contributed by atoms with E-state index < -0.39 is 6.10 Å². The molecule has 2 aromatic rings. The van der Waals surface area contributed by atoms with Crippen molar-refractivity contribution in [3.05, 3.63) is 32.7 Å². The van der Waals surface area contributed by atoms with Crippen LogP contribution in [0, 0.1) is 0 Å². The first-order chi connectivity index (χ1) is 10.0. The molecule has 0 bridgehead atoms. The number of aromatic nitrogens is 2. The highest BCUT2D eigenvalue weighted by Crippen LogP contribution is 2.33. The largest absolute Gasteiger partial charge is 0.386 e. The van der Waals surface area contributed by atoms with E-state index in [1.54, 1.807) is 23.2 Å². The summed E-state index contributed by atoms with van der Waals surface area (Å²) in [6.07, 6.45) is 2.13. The summed E-state index contributed by atoms with van der Waals surface area (Å²) >= 11 is 3.51. The highest BCUT2D eigenvalue weighted by atomic mass is 79.9. The van der Waals surface area contributed by atoms with E-state index in [2.05, 4.69) is 15.9 Å². The van der Waals surface area contributed by atoms with Gasteiger partial charge in [0.25, 0.3) is 0 Å². The average molecular weight is 355 g/mol. The highest BCUT2D eigenvalue weighted by molar-refractivity contribution is 9.10. The zero-order chi connectivity index (χ0) is 15.1. The number of ether oxygens (including phenoxy) is 1. The smallest absolute Gasteiger partial charge is 0.328 e. The summed E-state index contributed by atoms with van der Waals surface area (Å²) in [5, 5.41) is 10.6. The van der Waals surface area contributed by atoms with Crippen molar-refractivity contribution in [1.82, 2.24) is 9.13 Å². The van der Waals surface area contributed by atoms with E-state index in [9.17, 15) is 9.90 Å². The minimum atomic E-state index is -0.681. The number of fused-ring (bicyclic) bond motifs is 1. The lowest BCUT2D eigenvalue weighted by atomic mass is 9.98. The fraction of sp³-hybridized carbons (Fsp3) is 0.533. The molecule has 1 saturated heterocycles. The first kappa shape index (κ1) is 14.8. The predicted octanol–water partition coefficient (Wildman–Crippen LogP) is 2.24. The van der Waals surface area contributed by atoms with Gasteiger partial charge in [0.2, 0.25) is 0 Å². The molecule has 0 spiro atoms. The number of halogens is 1. The number of rotatable bonds is 2. The quantitative estimate of drug-likeness (QED) is 0.899. The van der Waals surface area contributed by atoms with Crippen LogP contribution < -0.4 is 5.69 Å². The monoisotopic (exact) mass is 354 g/mol. The maximum atomic E-state index is 12.0. The van der Waals surface area contributed by atoms with E-state index in [0.717, 1.165) is 40.3 Å². The molecule has 114 valence electrons. The molecule has 6 heteroatoms. The van der Waals surface area contributed by atoms with Crippen LogP contribution in [0.5, 0.6) is 0 Å². The summed E-state index contributed by atoms with van der Waals surface area (Å²) in [4.78, 5) is 12.0. The van der Waals surface area contributed by atoms with Crippen molar-refractivity contribution >= 4 is 27.0 Å². The molecule has 2 atom stereocenters. The minimum Gasteiger partial charge on any atom is -0.386 e. The summed E-state index contributed by atoms with van der Waals surface area (Å²) in [7, 11) is 3.49. The summed E-state index contributed by atoms with van der Waals surface area (Å²) in [5.41, 5.74) is 2.36. The van der Waals surface area contributed by atoms with Crippen LogP contribution >= 0.6 is 15.9 Å². The maximum Gasteiger partial charge on any atom is 0.328 e. The number of aliphatic hydroxyl groups is 1. The van der Waals surface area contributed by atoms with Gasteiger partial charge in [-0.1, -0.05) is 15.9 Å². The van der Waals surface area contributed by atoms with Crippen LogP contribution in [0.3, 0.4) is 0 Å². The summed E-state index contributed by atoms with van der Waals surface area (Å²) in [5.74, 6) is 0. The molecule has 2 heterocycles. The van der Waals surface area contributed by atoms with Crippen LogP contribution in [0.2, 0.25) is 0 Å². The van der Waals surface area contributed by atoms with Crippen LogP contribution in [-0.4, -0.2) is 27.0 Å². The number of benzene rings is 1. The van der Waals surface area contributed by atoms with Crippen molar-refractivity contribution in [1.29, 1.82) is 0 Å². The van der Waals surface area contributed by atoms with E-state index in [4.69, 9.17) is 4.74 Å². The molecule has 0 radical (unpaired) electrons. The van der Waals surface area contributed by atoms with Gasteiger partial charge in [-0.25, -0.2) is 4.79 Å². The third kappa shape index (κ3) is 2.45. The normalized spacial score (nSPS) is 20.9. The van der Waals surface area contributed by atoms with Gasteiger partial charge in [-0.2, -0.15) is 0 Å². The molecule has 0 amide bonds. The Morgan fingerprint density at radius 1 is 1.29 bits per heavy atom. The molecule has 1 N–H and O–H groups in total. The lowest BCUT2D eigenvalue weighted by Gasteiger charge is -2.28. The Labute approximate surface area is 131 Å². The van der Waals surface area contributed by atoms with E-state index in [-0.39, 0.29) is 11.8 Å². The molecule has 1 fully saturated rings. The zero-order valence-corrected chi connectivity index (χ0v) is 13.8. The van der Waals surface area contributed by atoms with Crippen LogP contribution in [-0.2, 0) is 18.8 Å². The number of imidazole rings is 1. The van der Waals surface area contributed by atoms with Crippen molar-refractivity contribution in [2.24, 2.45) is 14.1 Å². The lowest BCUT2D eigenvalue weighted by Crippen LogP contribution is -2.26. The van der Waals surface area contributed by atoms with Crippen LogP contribution in [0.15, 0.2) is 21.4 Å². The maximum absolute atomic E-state index is 12.0. The van der Waals surface area contributed by atoms with Gasteiger partial charge in [0.05, 0.1) is 17.1 Å². The minimum absolute atomic E-state index is 0.0718. The van der Waals surface area contributed by atoms with Crippen LogP contribution in [0.25, 0.3) is 11.0 Å². The lowest BCUT2D eigenvalue weighted by molar-refractivity contribution is -0.0635. The highest BCUT2D eigenvalue weighted by Gasteiger charge is 2.26. The van der Waals surface area contributed by atoms with Gasteiger partial charge in [-0.05, 0) is 37.0 Å². The number of aryl methyl sites for hydroxylation is 2. The summed E-state index contributed by atoms with van der Waals surface area (Å²) in [6.45, 7) is 0.700. The Kier molecular flexibility index (Phi) is 3.94. The van der Waals surface area contributed by atoms with Gasteiger partial charge in [-0.3, -0.25) is 9.13 Å². The Bertz CT molecular complexity index is 729. The summed E-state index contributed by atoms with van der Waals surface area (Å²) < 4.78 is 9.68. The third-order valence-electron chi connectivity index (χ3n) is 4.28. The van der Waals surface area contributed by atoms with Crippen molar-refractivity contribution in [3.8, 4) is 0 Å². The fourth-order valence-electron chi connectivity index (χ4n) is 2.98. The first-order valence-electron chi connectivity index (χ1n) is 7.15. The Morgan fingerprint density at radius 3 is 2.57 bits per heavy atom. The molecule has 3 rings (SSSR count). The average Bonchev–Trinajstić information content (AvgIpc) is 2.71. The van der Waals surface area contributed by atoms with Gasteiger partial charge < -0.3 is 9.84 Å². The van der Waals surface area contributed by atoms with E-state index >= 15 is 0 Å². The van der Waals surface area contributed by atoms with E-state index in [1.807, 2.05) is 12.1 Å². The van der Waals surface area contributed by atoms with Crippen LogP contribution in [0.4, 0.5) is 0 Å². The fourth-order valence-corrected chi connectivity index (χ4v) is 3.54. The molecule has 1 aliphatic heterocycles. The van der Waals surface area contributed by atoms with Gasteiger partial charge in [-0.15, -0.1) is 0 Å². The molecule has 21 heavy (non-hydrogen) atoms. The van der Waals surface area contributed by atoms with Gasteiger partial charge in [0.15, 0.2) is 0 Å². The number of aliphatic hydroxyl groups excluding tert-OH is 1. The Hall–Kier alpha value is -1.11. The topological polar surface area (TPSA) is 56.4 Å². The molecule has 1 aromatic heterocycles. The molecule has 0 saturated carbocycles. The van der Waals surface area contributed by atoms with Gasteiger partial charge >= 0.3 is 5.69 Å². The van der Waals surface area contributed by atoms with Crippen LogP contribution in [0.1, 0.15) is 30.9 Å². The molecular formula is C15H19BrN2O3. The van der Waals surface area contributed by atoms with Gasteiger partial charge in [0.1, 0.15) is 6.10 Å². The van der Waals surface area contributed by atoms with E-state index in [1.165, 1.54) is 0 Å². The molecule has 1 aliphatic rings. The Morgan fingerprint density at radius 2 is 1.95 bits per heavy atom. The molecule has 1 aromatic carbocycles. The van der Waals surface area contributed by atoms with Crippen molar-refractivity contribution in [2.75, 3.05) is 6.61 Å². The number of nitrogens with zero attached hydrogens (tertiary/aromatic N) is 2. The van der Waals surface area contributed by atoms with Gasteiger partial charge in [0, 0.05) is 25.2 Å². The van der Waals surface area contributed by atoms with E-state index in [0.29, 0.717) is 6.61 Å². The molecule has 0 aliphatic carbocycles. The van der Waals surface area contributed by atoms with Crippen molar-refractivity contribution in [2.45, 2.75) is 31.5 Å². The number of hydrogen-bond acceptors (Lipinski definition) is 3. The number of hydrogen-bond donors (Lipinski definition) is 1. The third-order valence-corrected chi connectivity index (χ3v) is 4.96. The summed E-state index contributed by atoms with van der Waals surface area (Å²) in [6, 6.07) is 3.77. The molecule has 2 unspecified atom stereocenters. The standard InChI is InChI=1S/C15H19BrN2O3/c1-17-11-7-9(14(19)13-5-3-4-6-21-13)10(16)8-12(11)18(2)15(17)20/h7-8,13-14,19H,3-6H2,1-2H3. The predicted molar refractivity (Wildman–Crippen MR) is 84.4 cm³/mol. The van der Waals surface area contributed by atoms with Crippen molar-refractivity contribution < 1.29 is 9.84 Å². The Balaban J connectivity index is 2.08. The first-order valence-corrected chi connectivity index (χ1v) is 7.94. The van der Waals surface area contributed by atoms with Crippen molar-refractivity contribution in [3.63, 3.8) is 0 Å². The SMILES string of the molecule is Cn1c(=O)n(C)c2cc(C(O)C3CCCCO3)c(Br)cc21. The molecule has 5 nitrogen and oxygen atoms in total. The zero-order valence-electron chi connectivity index (χ0n) is 12.2. The second kappa shape index (κ2) is 5.59. The second-order valence-electron chi connectivity index (χ2n) is 5.61.